The predicted molar refractivity (Wildman–Crippen MR) is 80.0 cm³/mol. The van der Waals surface area contributed by atoms with Gasteiger partial charge in [0.15, 0.2) is 5.75 Å². The number of ether oxygens (including phenoxy) is 1. The maximum Gasteiger partial charge on any atom is 0.431 e. The second-order valence-electron chi connectivity index (χ2n) is 5.77. The number of nitrogens with one attached hydrogen (secondary N) is 1. The van der Waals surface area contributed by atoms with Gasteiger partial charge in [-0.3, -0.25) is 9.48 Å². The second-order valence-corrected chi connectivity index (χ2v) is 5.77. The first kappa shape index (κ1) is 17.3. The predicted octanol–water partition coefficient (Wildman–Crippen LogP) is 1.51. The van der Waals surface area contributed by atoms with E-state index in [1.54, 1.807) is 10.9 Å². The van der Waals surface area contributed by atoms with Crippen LogP contribution in [0.4, 0.5) is 13.2 Å². The van der Waals surface area contributed by atoms with Gasteiger partial charge in [-0.15, -0.1) is 0 Å². The van der Waals surface area contributed by atoms with Crippen molar-refractivity contribution in [3.05, 3.63) is 35.9 Å². The number of halogens is 3. The number of likely N-dealkylation sites (tertiary alicyclic amines) is 1. The van der Waals surface area contributed by atoms with Gasteiger partial charge >= 0.3 is 6.18 Å². The Morgan fingerprint density at radius 2 is 2.24 bits per heavy atom. The number of amides is 1. The molecule has 0 bridgehead atoms. The third-order valence-electron chi connectivity index (χ3n) is 3.98. The van der Waals surface area contributed by atoms with Crippen LogP contribution in [-0.4, -0.2) is 56.0 Å². The lowest BCUT2D eigenvalue weighted by Gasteiger charge is -2.15. The number of carbonyl (C=O) groups is 1. The number of β-amino-alcohol motifs (C(OH)–C–C–N with tert-alkyl or cyclic N) is 1. The van der Waals surface area contributed by atoms with Crippen molar-refractivity contribution < 1.29 is 27.8 Å². The van der Waals surface area contributed by atoms with Crippen molar-refractivity contribution >= 4 is 5.91 Å². The van der Waals surface area contributed by atoms with Crippen LogP contribution in [0.2, 0.25) is 0 Å². The Kier molecular flexibility index (Phi) is 4.46. The number of alkyl halides is 3. The zero-order valence-electron chi connectivity index (χ0n) is 13.3. The summed E-state index contributed by atoms with van der Waals surface area (Å²) >= 11 is 0. The van der Waals surface area contributed by atoms with Gasteiger partial charge in [0, 0.05) is 12.7 Å². The molecule has 2 N–H and O–H groups in total. The van der Waals surface area contributed by atoms with Crippen molar-refractivity contribution in [2.75, 3.05) is 13.1 Å². The molecule has 136 valence electrons. The van der Waals surface area contributed by atoms with Crippen molar-refractivity contribution in [2.24, 2.45) is 0 Å². The molecule has 3 rings (SSSR count). The molecule has 0 unspecified atom stereocenters. The van der Waals surface area contributed by atoms with Crippen molar-refractivity contribution in [3.63, 3.8) is 0 Å². The van der Waals surface area contributed by atoms with Crippen LogP contribution in [0.1, 0.15) is 23.0 Å². The number of aliphatic hydroxyl groups is 1. The molecule has 7 nitrogen and oxygen atoms in total. The van der Waals surface area contributed by atoms with Crippen LogP contribution >= 0.6 is 0 Å². The van der Waals surface area contributed by atoms with Gasteiger partial charge < -0.3 is 19.7 Å². The smallest absolute Gasteiger partial charge is 0.431 e. The average molecular weight is 358 g/mol. The van der Waals surface area contributed by atoms with Crippen molar-refractivity contribution in [1.29, 1.82) is 0 Å². The summed E-state index contributed by atoms with van der Waals surface area (Å²) in [6.45, 7) is 2.63. The zero-order chi connectivity index (χ0) is 18.2. The van der Waals surface area contributed by atoms with Crippen molar-refractivity contribution in [2.45, 2.75) is 31.9 Å². The van der Waals surface area contributed by atoms with Crippen LogP contribution in [-0.2, 0) is 12.7 Å². The molecule has 1 saturated heterocycles. The average Bonchev–Trinajstić information content (AvgIpc) is 3.26. The molecule has 1 amide bonds. The van der Waals surface area contributed by atoms with E-state index in [1.165, 1.54) is 11.1 Å². The minimum absolute atomic E-state index is 0.0159. The minimum Gasteiger partial charge on any atom is -0.482 e. The number of aromatic amines is 1. The van der Waals surface area contributed by atoms with Gasteiger partial charge in [0.1, 0.15) is 17.9 Å². The summed E-state index contributed by atoms with van der Waals surface area (Å²) in [7, 11) is 0. The highest BCUT2D eigenvalue weighted by Gasteiger charge is 2.38. The number of aromatic nitrogens is 3. The Morgan fingerprint density at radius 3 is 2.84 bits per heavy atom. The van der Waals surface area contributed by atoms with E-state index in [1.807, 2.05) is 11.9 Å². The van der Waals surface area contributed by atoms with E-state index < -0.39 is 30.0 Å². The number of hydrogen-bond acceptors (Lipinski definition) is 4. The molecule has 0 radical (unpaired) electrons. The van der Waals surface area contributed by atoms with Crippen LogP contribution in [0, 0.1) is 0 Å². The fraction of sp³-hybridized carbons (Fsp3) is 0.467. The van der Waals surface area contributed by atoms with E-state index in [4.69, 9.17) is 4.74 Å². The first-order valence-electron chi connectivity index (χ1n) is 7.70. The van der Waals surface area contributed by atoms with Crippen LogP contribution in [0.3, 0.4) is 0 Å². The van der Waals surface area contributed by atoms with Gasteiger partial charge in [-0.05, 0) is 13.0 Å². The van der Waals surface area contributed by atoms with Crippen LogP contribution in [0.5, 0.6) is 5.75 Å². The molecular formula is C15H17F3N4O3. The lowest BCUT2D eigenvalue weighted by molar-refractivity contribution is -0.140. The SMILES string of the molecule is CCn1cc(O[C@@H]2CN(C(=O)c3c[nH]c(C(F)(F)F)c3)C[C@H]2O)cn1. The monoisotopic (exact) mass is 358 g/mol. The van der Waals surface area contributed by atoms with Crippen LogP contribution in [0.25, 0.3) is 0 Å². The van der Waals surface area contributed by atoms with Crippen LogP contribution < -0.4 is 4.74 Å². The summed E-state index contributed by atoms with van der Waals surface area (Å²) in [5.74, 6) is -0.137. The molecule has 10 heteroatoms. The molecule has 1 aliphatic rings. The molecule has 1 fully saturated rings. The summed E-state index contributed by atoms with van der Waals surface area (Å²) in [5.41, 5.74) is -1.10. The zero-order valence-corrected chi connectivity index (χ0v) is 13.3. The van der Waals surface area contributed by atoms with E-state index in [0.29, 0.717) is 12.3 Å². The van der Waals surface area contributed by atoms with E-state index in [2.05, 4.69) is 5.10 Å². The maximum atomic E-state index is 12.6. The summed E-state index contributed by atoms with van der Waals surface area (Å²) in [6, 6.07) is 0.758. The first-order valence-corrected chi connectivity index (χ1v) is 7.70. The molecule has 2 aromatic heterocycles. The number of aliphatic hydroxyl groups excluding tert-OH is 1. The quantitative estimate of drug-likeness (QED) is 0.868. The number of aryl methyl sites for hydroxylation is 1. The van der Waals surface area contributed by atoms with Gasteiger partial charge in [-0.1, -0.05) is 0 Å². The van der Waals surface area contributed by atoms with Gasteiger partial charge in [0.2, 0.25) is 0 Å². The Bertz CT molecular complexity index is 755. The second kappa shape index (κ2) is 6.43. The molecule has 2 atom stereocenters. The highest BCUT2D eigenvalue weighted by molar-refractivity contribution is 5.94. The molecule has 1 aliphatic heterocycles. The van der Waals surface area contributed by atoms with Gasteiger partial charge in [-0.25, -0.2) is 0 Å². The fourth-order valence-corrected chi connectivity index (χ4v) is 2.66. The summed E-state index contributed by atoms with van der Waals surface area (Å²) < 4.78 is 45.1. The van der Waals surface area contributed by atoms with Crippen molar-refractivity contribution in [1.82, 2.24) is 19.7 Å². The fourth-order valence-electron chi connectivity index (χ4n) is 2.66. The number of carbonyl (C=O) groups excluding carboxylic acids is 1. The number of H-pyrrole nitrogens is 1. The van der Waals surface area contributed by atoms with Gasteiger partial charge in [0.05, 0.1) is 31.0 Å². The number of rotatable bonds is 4. The third kappa shape index (κ3) is 3.63. The highest BCUT2D eigenvalue weighted by atomic mass is 19.4. The molecule has 0 spiro atoms. The Balaban J connectivity index is 1.66. The molecule has 0 saturated carbocycles. The summed E-state index contributed by atoms with van der Waals surface area (Å²) in [4.78, 5) is 15.6. The molecule has 25 heavy (non-hydrogen) atoms. The topological polar surface area (TPSA) is 83.4 Å². The van der Waals surface area contributed by atoms with E-state index in [9.17, 15) is 23.1 Å². The molecular weight excluding hydrogens is 341 g/mol. The Hall–Kier alpha value is -2.49. The first-order chi connectivity index (χ1) is 11.8. The largest absolute Gasteiger partial charge is 0.482 e. The van der Waals surface area contributed by atoms with Crippen molar-refractivity contribution in [3.8, 4) is 5.75 Å². The summed E-state index contributed by atoms with van der Waals surface area (Å²) in [6.07, 6.45) is -1.97. The molecule has 3 heterocycles. The Labute approximate surface area is 141 Å². The van der Waals surface area contributed by atoms with E-state index in [-0.39, 0.29) is 18.7 Å². The standard InChI is InChI=1S/C15H17F3N4O3/c1-2-22-6-10(5-20-22)25-12-8-21(7-11(12)23)14(24)9-3-13(19-4-9)15(16,17)18/h3-6,11-12,19,23H,2,7-8H2,1H3/t11-,12-/m1/s1. The number of hydrogen-bond donors (Lipinski definition) is 2. The minimum atomic E-state index is -4.55. The van der Waals surface area contributed by atoms with E-state index in [0.717, 1.165) is 12.3 Å². The summed E-state index contributed by atoms with van der Waals surface area (Å²) in [5, 5.41) is 14.1. The molecule has 2 aromatic rings. The normalized spacial score (nSPS) is 20.9. The Morgan fingerprint density at radius 1 is 1.48 bits per heavy atom. The van der Waals surface area contributed by atoms with Gasteiger partial charge in [-0.2, -0.15) is 18.3 Å². The lowest BCUT2D eigenvalue weighted by atomic mass is 10.2. The molecule has 0 aliphatic carbocycles. The number of nitrogens with zero attached hydrogens (tertiary/aromatic N) is 3. The van der Waals surface area contributed by atoms with Gasteiger partial charge in [0.25, 0.3) is 5.91 Å². The maximum absolute atomic E-state index is 12.6. The van der Waals surface area contributed by atoms with E-state index >= 15 is 0 Å². The third-order valence-corrected chi connectivity index (χ3v) is 3.98. The molecule has 0 aromatic carbocycles. The highest BCUT2D eigenvalue weighted by Crippen LogP contribution is 2.29. The van der Waals surface area contributed by atoms with Crippen LogP contribution in [0.15, 0.2) is 24.7 Å². The lowest BCUT2D eigenvalue weighted by Crippen LogP contribution is -2.31.